The smallest absolute Gasteiger partial charge is 0.248 e. The number of anilines is 1. The molecule has 1 amide bonds. The Bertz CT molecular complexity index is 771. The first kappa shape index (κ1) is 12.6. The predicted molar refractivity (Wildman–Crippen MR) is 82.7 cm³/mol. The van der Waals surface area contributed by atoms with Gasteiger partial charge >= 0.3 is 0 Å². The van der Waals surface area contributed by atoms with E-state index < -0.39 is 0 Å². The van der Waals surface area contributed by atoms with E-state index in [0.29, 0.717) is 0 Å². The van der Waals surface area contributed by atoms with Gasteiger partial charge in [-0.2, -0.15) is 5.10 Å². The molecule has 0 aliphatic rings. The highest BCUT2D eigenvalue weighted by molar-refractivity contribution is 7.11. The third-order valence-corrected chi connectivity index (χ3v) is 3.97. The lowest BCUT2D eigenvalue weighted by Gasteiger charge is -2.03. The van der Waals surface area contributed by atoms with Crippen molar-refractivity contribution >= 4 is 39.4 Å². The highest BCUT2D eigenvalue weighted by Gasteiger charge is 2.03. The van der Waals surface area contributed by atoms with E-state index >= 15 is 0 Å². The van der Waals surface area contributed by atoms with Crippen molar-refractivity contribution in [3.05, 3.63) is 52.9 Å². The number of thiophene rings is 1. The average Bonchev–Trinajstić information content (AvgIpc) is 3.09. The summed E-state index contributed by atoms with van der Waals surface area (Å²) in [7, 11) is 0. The summed E-state index contributed by atoms with van der Waals surface area (Å²) in [5.74, 6) is -0.130. The van der Waals surface area contributed by atoms with Crippen molar-refractivity contribution in [1.82, 2.24) is 10.2 Å². The molecule has 3 rings (SSSR count). The molecular formula is C15H13N3OS. The zero-order valence-electron chi connectivity index (χ0n) is 10.9. The number of amides is 1. The van der Waals surface area contributed by atoms with Crippen molar-refractivity contribution in [2.75, 3.05) is 5.32 Å². The van der Waals surface area contributed by atoms with Gasteiger partial charge in [0, 0.05) is 22.0 Å². The van der Waals surface area contributed by atoms with E-state index in [-0.39, 0.29) is 5.91 Å². The maximum Gasteiger partial charge on any atom is 0.248 e. The van der Waals surface area contributed by atoms with Gasteiger partial charge in [-0.1, -0.05) is 6.07 Å². The van der Waals surface area contributed by atoms with Crippen LogP contribution in [0.15, 0.2) is 48.0 Å². The summed E-state index contributed by atoms with van der Waals surface area (Å²) in [6.07, 6.45) is 3.37. The minimum absolute atomic E-state index is 0.130. The summed E-state index contributed by atoms with van der Waals surface area (Å²) >= 11 is 1.62. The number of aromatic amines is 1. The number of nitrogens with zero attached hydrogens (tertiary/aromatic N) is 1. The lowest BCUT2D eigenvalue weighted by atomic mass is 10.2. The van der Waals surface area contributed by atoms with Crippen LogP contribution in [0.1, 0.15) is 11.8 Å². The number of fused-ring (bicyclic) bond motifs is 1. The molecule has 0 radical (unpaired) electrons. The molecule has 0 saturated carbocycles. The fourth-order valence-electron chi connectivity index (χ4n) is 1.96. The highest BCUT2D eigenvalue weighted by Crippen LogP contribution is 2.20. The van der Waals surface area contributed by atoms with Crippen LogP contribution in [0.4, 0.5) is 5.69 Å². The Morgan fingerprint density at radius 1 is 1.40 bits per heavy atom. The fraction of sp³-hybridized carbons (Fsp3) is 0.0667. The molecule has 2 N–H and O–H groups in total. The summed E-state index contributed by atoms with van der Waals surface area (Å²) in [5, 5.41) is 12.7. The van der Waals surface area contributed by atoms with Crippen LogP contribution in [-0.4, -0.2) is 16.1 Å². The van der Waals surface area contributed by atoms with Gasteiger partial charge in [-0.25, -0.2) is 0 Å². The van der Waals surface area contributed by atoms with E-state index in [1.54, 1.807) is 23.6 Å². The maximum atomic E-state index is 12.0. The van der Waals surface area contributed by atoms with E-state index in [1.165, 1.54) is 0 Å². The van der Waals surface area contributed by atoms with Gasteiger partial charge in [0.15, 0.2) is 0 Å². The highest BCUT2D eigenvalue weighted by atomic mass is 32.1. The predicted octanol–water partition coefficient (Wildman–Crippen LogP) is 3.67. The summed E-state index contributed by atoms with van der Waals surface area (Å²) in [4.78, 5) is 13.1. The minimum Gasteiger partial charge on any atom is -0.322 e. The van der Waals surface area contributed by atoms with Crippen molar-refractivity contribution in [3.8, 4) is 0 Å². The second-order valence-corrected chi connectivity index (χ2v) is 5.41. The Balaban J connectivity index is 1.77. The number of aromatic nitrogens is 2. The van der Waals surface area contributed by atoms with E-state index in [0.717, 1.165) is 27.0 Å². The van der Waals surface area contributed by atoms with Crippen molar-refractivity contribution in [3.63, 3.8) is 0 Å². The Kier molecular flexibility index (Phi) is 3.35. The van der Waals surface area contributed by atoms with Gasteiger partial charge < -0.3 is 5.32 Å². The number of hydrogen-bond donors (Lipinski definition) is 2. The zero-order chi connectivity index (χ0) is 13.9. The van der Waals surface area contributed by atoms with Gasteiger partial charge in [0.05, 0.1) is 11.7 Å². The second kappa shape index (κ2) is 5.30. The summed E-state index contributed by atoms with van der Waals surface area (Å²) in [6.45, 7) is 1.93. The van der Waals surface area contributed by atoms with Crippen LogP contribution in [0.5, 0.6) is 0 Å². The molecular weight excluding hydrogens is 270 g/mol. The quantitative estimate of drug-likeness (QED) is 0.721. The summed E-state index contributed by atoms with van der Waals surface area (Å²) < 4.78 is 0. The number of H-pyrrole nitrogens is 1. The molecule has 0 aliphatic carbocycles. The maximum absolute atomic E-state index is 12.0. The first-order valence-corrected chi connectivity index (χ1v) is 7.06. The number of carbonyl (C=O) groups is 1. The molecule has 5 heteroatoms. The molecule has 0 bridgehead atoms. The molecule has 3 aromatic rings. The topological polar surface area (TPSA) is 57.8 Å². The van der Waals surface area contributed by atoms with Crippen molar-refractivity contribution in [1.29, 1.82) is 0 Å². The summed E-state index contributed by atoms with van der Waals surface area (Å²) in [6, 6.07) is 9.63. The Morgan fingerprint density at radius 3 is 3.10 bits per heavy atom. The molecule has 2 heterocycles. The van der Waals surface area contributed by atoms with Gasteiger partial charge in [0.25, 0.3) is 0 Å². The van der Waals surface area contributed by atoms with Crippen LogP contribution in [0, 0.1) is 0 Å². The van der Waals surface area contributed by atoms with Crippen molar-refractivity contribution < 1.29 is 4.79 Å². The molecule has 0 aliphatic heterocycles. The first-order chi connectivity index (χ1) is 9.72. The van der Waals surface area contributed by atoms with E-state index in [1.807, 2.05) is 42.6 Å². The van der Waals surface area contributed by atoms with E-state index in [2.05, 4.69) is 15.5 Å². The number of benzene rings is 1. The molecule has 0 fully saturated rings. The third-order valence-electron chi connectivity index (χ3n) is 2.97. The van der Waals surface area contributed by atoms with Crippen molar-refractivity contribution in [2.24, 2.45) is 0 Å². The zero-order valence-corrected chi connectivity index (χ0v) is 11.7. The second-order valence-electron chi connectivity index (χ2n) is 4.47. The van der Waals surface area contributed by atoms with Crippen LogP contribution in [0.25, 0.3) is 16.5 Å². The van der Waals surface area contributed by atoms with Gasteiger partial charge in [0.2, 0.25) is 5.91 Å². The number of nitrogens with one attached hydrogen (secondary N) is 2. The lowest BCUT2D eigenvalue weighted by Crippen LogP contribution is -2.08. The average molecular weight is 283 g/mol. The summed E-state index contributed by atoms with van der Waals surface area (Å²) in [5.41, 5.74) is 2.61. The van der Waals surface area contributed by atoms with Crippen LogP contribution in [0.3, 0.4) is 0 Å². The van der Waals surface area contributed by atoms with Crippen LogP contribution in [-0.2, 0) is 4.79 Å². The molecule has 4 nitrogen and oxygen atoms in total. The lowest BCUT2D eigenvalue weighted by molar-refractivity contribution is -0.111. The molecule has 100 valence electrons. The van der Waals surface area contributed by atoms with Gasteiger partial charge in [-0.05, 0) is 42.1 Å². The Morgan fingerprint density at radius 2 is 2.30 bits per heavy atom. The van der Waals surface area contributed by atoms with Crippen molar-refractivity contribution in [2.45, 2.75) is 6.92 Å². The molecule has 0 atom stereocenters. The molecule has 2 aromatic heterocycles. The molecule has 0 unspecified atom stereocenters. The third kappa shape index (κ3) is 2.62. The van der Waals surface area contributed by atoms with Crippen LogP contribution in [0.2, 0.25) is 0 Å². The normalized spacial score (nSPS) is 11.8. The van der Waals surface area contributed by atoms with Gasteiger partial charge in [-0.15, -0.1) is 11.3 Å². The molecule has 0 spiro atoms. The fourth-order valence-corrected chi connectivity index (χ4v) is 2.67. The Hall–Kier alpha value is -2.40. The minimum atomic E-state index is -0.130. The number of rotatable bonds is 3. The Labute approximate surface area is 120 Å². The largest absolute Gasteiger partial charge is 0.322 e. The van der Waals surface area contributed by atoms with Crippen LogP contribution >= 0.6 is 11.3 Å². The van der Waals surface area contributed by atoms with Crippen LogP contribution < -0.4 is 5.32 Å². The molecule has 20 heavy (non-hydrogen) atoms. The standard InChI is InChI=1S/C15H13N3OS/c1-10(14-3-2-6-20-14)7-15(19)17-12-5-4-11-9-16-18-13(11)8-12/h2-9H,1H3,(H,16,18)(H,17,19)/b10-7+. The number of carbonyl (C=O) groups excluding carboxylic acids is 1. The number of hydrogen-bond acceptors (Lipinski definition) is 3. The number of allylic oxidation sites excluding steroid dienone is 1. The molecule has 1 aromatic carbocycles. The monoisotopic (exact) mass is 283 g/mol. The van der Waals surface area contributed by atoms with E-state index in [9.17, 15) is 4.79 Å². The molecule has 0 saturated heterocycles. The SMILES string of the molecule is C/C(=C\C(=O)Nc1ccc2cn[nH]c2c1)c1cccs1. The van der Waals surface area contributed by atoms with Gasteiger partial charge in [-0.3, -0.25) is 9.89 Å². The first-order valence-electron chi connectivity index (χ1n) is 6.19. The van der Waals surface area contributed by atoms with E-state index in [4.69, 9.17) is 0 Å². The van der Waals surface area contributed by atoms with Gasteiger partial charge in [0.1, 0.15) is 0 Å².